The maximum absolute atomic E-state index is 8.88. The van der Waals surface area contributed by atoms with Crippen LogP contribution in [0.3, 0.4) is 0 Å². The van der Waals surface area contributed by atoms with Gasteiger partial charge in [0.25, 0.3) is 0 Å². The van der Waals surface area contributed by atoms with Crippen molar-refractivity contribution in [1.29, 1.82) is 0 Å². The SMILES string of the molecule is O=P(O)(O)O.[CaH2].[V]. The molecular weight excluding hydrogens is 186 g/mol. The standard InChI is InChI=1S/Ca.H3O4P.V.2H/c;1-5(2,3)4;;;/h;(H3,1,2,3,4);;;. The first-order valence-corrected chi connectivity index (χ1v) is 2.35. The third-order valence-electron chi connectivity index (χ3n) is 0. The van der Waals surface area contributed by atoms with Crippen molar-refractivity contribution in [3.63, 3.8) is 0 Å². The topological polar surface area (TPSA) is 77.8 Å². The Labute approximate surface area is 82.4 Å². The van der Waals surface area contributed by atoms with E-state index in [4.69, 9.17) is 19.2 Å². The second kappa shape index (κ2) is 6.08. The van der Waals surface area contributed by atoms with Crippen molar-refractivity contribution in [1.82, 2.24) is 0 Å². The zero-order chi connectivity index (χ0) is 4.50. The molecule has 0 aromatic rings. The molecule has 7 heteroatoms. The first-order chi connectivity index (χ1) is 2.00. The third-order valence-corrected chi connectivity index (χ3v) is 0. The van der Waals surface area contributed by atoms with Gasteiger partial charge in [0.05, 0.1) is 0 Å². The normalized spacial score (nSPS) is 8.43. The second-order valence-electron chi connectivity index (χ2n) is 0.513. The third kappa shape index (κ3) is 73.8. The summed E-state index contributed by atoms with van der Waals surface area (Å²) in [4.78, 5) is 21.6. The van der Waals surface area contributed by atoms with Gasteiger partial charge < -0.3 is 14.7 Å². The molecule has 0 aromatic carbocycles. The van der Waals surface area contributed by atoms with Gasteiger partial charge in [-0.05, 0) is 0 Å². The maximum Gasteiger partial charge on any atom is 0 e. The molecule has 0 atom stereocenters. The minimum absolute atomic E-state index is 0. The largest absolute Gasteiger partial charge is 0 e. The molecule has 7 heavy (non-hydrogen) atoms. The molecule has 0 amide bonds. The molecular formula is H5CaO4PV. The Balaban J connectivity index is -0.0000000800. The van der Waals surface area contributed by atoms with Gasteiger partial charge in [0.15, 0.2) is 0 Å². The predicted octanol–water partition coefficient (Wildman–Crippen LogP) is -1.85. The molecule has 1 radical (unpaired) electrons. The average Bonchev–Trinajstić information content (AvgIpc) is 0.722. The zero-order valence-corrected chi connectivity index (χ0v) is 4.94. The van der Waals surface area contributed by atoms with Gasteiger partial charge in [-0.3, -0.25) is 0 Å². The quantitative estimate of drug-likeness (QED) is 0.310. The molecule has 0 heterocycles. The van der Waals surface area contributed by atoms with E-state index in [0.717, 1.165) is 0 Å². The summed E-state index contributed by atoms with van der Waals surface area (Å²) in [7, 11) is -4.64. The van der Waals surface area contributed by atoms with Crippen molar-refractivity contribution in [3.8, 4) is 0 Å². The van der Waals surface area contributed by atoms with Gasteiger partial charge in [0, 0.05) is 18.6 Å². The van der Waals surface area contributed by atoms with Gasteiger partial charge in [-0.1, -0.05) is 0 Å². The molecule has 4 nitrogen and oxygen atoms in total. The first kappa shape index (κ1) is 16.0. The summed E-state index contributed by atoms with van der Waals surface area (Å²) in [6.45, 7) is 0. The smallest absolute Gasteiger partial charge is 0 e. The fourth-order valence-electron chi connectivity index (χ4n) is 0. The Bertz CT molecular complexity index is 57.8. The molecule has 0 saturated carbocycles. The monoisotopic (exact) mass is 191 g/mol. The van der Waals surface area contributed by atoms with Crippen LogP contribution < -0.4 is 0 Å². The van der Waals surface area contributed by atoms with E-state index in [0.29, 0.717) is 0 Å². The van der Waals surface area contributed by atoms with E-state index in [1.807, 2.05) is 0 Å². The van der Waals surface area contributed by atoms with Crippen molar-refractivity contribution in [3.05, 3.63) is 0 Å². The number of rotatable bonds is 0. The number of hydrogen-bond acceptors (Lipinski definition) is 1. The fraction of sp³-hybridized carbons (Fsp3) is 0. The molecule has 0 aromatic heterocycles. The van der Waals surface area contributed by atoms with E-state index in [1.54, 1.807) is 0 Å². The molecule has 0 aliphatic rings. The van der Waals surface area contributed by atoms with Crippen molar-refractivity contribution >= 4 is 45.6 Å². The van der Waals surface area contributed by atoms with Gasteiger partial charge >= 0.3 is 45.6 Å². The zero-order valence-electron chi connectivity index (χ0n) is 2.64. The molecule has 0 saturated heterocycles. The van der Waals surface area contributed by atoms with Crippen LogP contribution in [0.4, 0.5) is 0 Å². The van der Waals surface area contributed by atoms with E-state index >= 15 is 0 Å². The second-order valence-corrected chi connectivity index (χ2v) is 1.54. The Hall–Kier alpha value is 1.95. The fourth-order valence-corrected chi connectivity index (χ4v) is 0. The summed E-state index contributed by atoms with van der Waals surface area (Å²) < 4.78 is 8.88. The van der Waals surface area contributed by atoms with Crippen LogP contribution in [0.15, 0.2) is 0 Å². The number of hydrogen-bond donors (Lipinski definition) is 3. The summed E-state index contributed by atoms with van der Waals surface area (Å²) in [6.07, 6.45) is 0. The molecule has 3 N–H and O–H groups in total. The van der Waals surface area contributed by atoms with Crippen molar-refractivity contribution in [2.45, 2.75) is 0 Å². The summed E-state index contributed by atoms with van der Waals surface area (Å²) in [5.41, 5.74) is 0. The van der Waals surface area contributed by atoms with E-state index in [2.05, 4.69) is 0 Å². The first-order valence-electron chi connectivity index (χ1n) is 0.783. The Morgan fingerprint density at radius 3 is 1.14 bits per heavy atom. The minimum atomic E-state index is -4.64. The van der Waals surface area contributed by atoms with Crippen LogP contribution in [0.1, 0.15) is 0 Å². The Morgan fingerprint density at radius 2 is 1.14 bits per heavy atom. The summed E-state index contributed by atoms with van der Waals surface area (Å²) in [5, 5.41) is 0. The predicted molar refractivity (Wildman–Crippen MR) is 22.8 cm³/mol. The number of phosphoric acid groups is 1. The maximum atomic E-state index is 8.88. The molecule has 0 fully saturated rings. The Morgan fingerprint density at radius 1 is 1.14 bits per heavy atom. The van der Waals surface area contributed by atoms with Crippen LogP contribution in [0.25, 0.3) is 0 Å². The van der Waals surface area contributed by atoms with E-state index in [1.165, 1.54) is 0 Å². The molecule has 0 spiro atoms. The van der Waals surface area contributed by atoms with Crippen LogP contribution in [0.5, 0.6) is 0 Å². The summed E-state index contributed by atoms with van der Waals surface area (Å²) in [5.74, 6) is 0. The van der Waals surface area contributed by atoms with Crippen LogP contribution >= 0.6 is 7.82 Å². The van der Waals surface area contributed by atoms with Crippen LogP contribution in [0, 0.1) is 0 Å². The van der Waals surface area contributed by atoms with Crippen LogP contribution in [-0.4, -0.2) is 52.4 Å². The van der Waals surface area contributed by atoms with E-state index < -0.39 is 7.82 Å². The van der Waals surface area contributed by atoms with E-state index in [9.17, 15) is 0 Å². The van der Waals surface area contributed by atoms with Crippen LogP contribution in [-0.2, 0) is 23.1 Å². The van der Waals surface area contributed by atoms with Crippen LogP contribution in [0.2, 0.25) is 0 Å². The van der Waals surface area contributed by atoms with Gasteiger partial charge in [-0.25, -0.2) is 4.57 Å². The van der Waals surface area contributed by atoms with Crippen molar-refractivity contribution < 1.29 is 37.8 Å². The Kier molecular flexibility index (Phi) is 13.9. The molecule has 0 aliphatic heterocycles. The van der Waals surface area contributed by atoms with E-state index in [-0.39, 0.29) is 56.3 Å². The molecule has 0 rings (SSSR count). The van der Waals surface area contributed by atoms with Gasteiger partial charge in [-0.15, -0.1) is 0 Å². The molecule has 41 valence electrons. The van der Waals surface area contributed by atoms with Crippen molar-refractivity contribution in [2.24, 2.45) is 0 Å². The minimum Gasteiger partial charge on any atom is 0 e. The van der Waals surface area contributed by atoms with Gasteiger partial charge in [0.2, 0.25) is 0 Å². The summed E-state index contributed by atoms with van der Waals surface area (Å²) in [6, 6.07) is 0. The average molecular weight is 191 g/mol. The molecule has 0 aliphatic carbocycles. The molecule has 0 unspecified atom stereocenters. The summed E-state index contributed by atoms with van der Waals surface area (Å²) >= 11 is 0. The van der Waals surface area contributed by atoms with Gasteiger partial charge in [0.1, 0.15) is 0 Å². The van der Waals surface area contributed by atoms with Gasteiger partial charge in [-0.2, -0.15) is 0 Å². The van der Waals surface area contributed by atoms with Crippen molar-refractivity contribution in [2.75, 3.05) is 0 Å². The molecule has 0 bridgehead atoms.